The molecule has 5 rings (SSSR count). The number of nitrogens with zero attached hydrogens (tertiary/aromatic N) is 3. The van der Waals surface area contributed by atoms with Crippen LogP contribution in [0.5, 0.6) is 5.75 Å². The molecule has 1 saturated carbocycles. The van der Waals surface area contributed by atoms with Crippen LogP contribution in [0.15, 0.2) is 28.7 Å². The van der Waals surface area contributed by atoms with Gasteiger partial charge in [0.15, 0.2) is 16.9 Å². The highest BCUT2D eigenvalue weighted by Gasteiger charge is 2.58. The van der Waals surface area contributed by atoms with Gasteiger partial charge in [-0.05, 0) is 76.6 Å². The van der Waals surface area contributed by atoms with E-state index in [0.717, 1.165) is 16.9 Å². The van der Waals surface area contributed by atoms with Gasteiger partial charge in [-0.25, -0.2) is 9.78 Å². The molecule has 21 heteroatoms. The van der Waals surface area contributed by atoms with Gasteiger partial charge in [0.1, 0.15) is 23.3 Å². The highest BCUT2D eigenvalue weighted by molar-refractivity contribution is 7.80. The second kappa shape index (κ2) is 13.4. The number of hydrogen-bond donors (Lipinski definition) is 8. The number of aliphatic hydroxyl groups excluding tert-OH is 1. The highest BCUT2D eigenvalue weighted by atomic mass is 32.3. The maximum absolute atomic E-state index is 13.5. The number of aliphatic carboxylic acids is 1. The van der Waals surface area contributed by atoms with Gasteiger partial charge in [-0.1, -0.05) is 5.16 Å². The number of carbonyl (C=O) groups excluding carboxylic acids is 2. The minimum atomic E-state index is -5.04. The summed E-state index contributed by atoms with van der Waals surface area (Å²) in [6.45, 7) is 3.95. The number of rotatable bonds is 13. The number of aliphatic hydroxyl groups is 1. The monoisotopic (exact) mass is 738 g/mol. The van der Waals surface area contributed by atoms with Crippen molar-refractivity contribution in [3.05, 3.63) is 40.4 Å². The second-order valence-electron chi connectivity index (χ2n) is 13.1. The fourth-order valence-electron chi connectivity index (χ4n) is 6.07. The first-order valence-corrected chi connectivity index (χ1v) is 17.6. The minimum absolute atomic E-state index is 0.00244. The van der Waals surface area contributed by atoms with E-state index in [2.05, 4.69) is 25.1 Å². The topological polar surface area (TPSA) is 302 Å². The fourth-order valence-corrected chi connectivity index (χ4v) is 7.07. The number of nitrogens with one attached hydrogen (secondary N) is 3. The zero-order valence-corrected chi connectivity index (χ0v) is 28.8. The lowest BCUT2D eigenvalue weighted by atomic mass is 9.71. The van der Waals surface area contributed by atoms with E-state index in [0.29, 0.717) is 42.1 Å². The molecule has 2 amide bonds. The van der Waals surface area contributed by atoms with Crippen LogP contribution in [0.4, 0.5) is 5.13 Å². The van der Waals surface area contributed by atoms with Gasteiger partial charge >= 0.3 is 16.4 Å². The Kier molecular flexibility index (Phi) is 9.86. The molecule has 2 aromatic rings. The number of amidine groups is 1. The van der Waals surface area contributed by atoms with E-state index in [9.17, 15) is 33.0 Å². The molecule has 1 aliphatic carbocycles. The number of anilines is 1. The van der Waals surface area contributed by atoms with Crippen LogP contribution in [0.3, 0.4) is 0 Å². The lowest BCUT2D eigenvalue weighted by Crippen LogP contribution is -2.76. The molecule has 3 aliphatic rings. The van der Waals surface area contributed by atoms with Gasteiger partial charge in [-0.2, -0.15) is 13.5 Å². The standard InChI is InChI=1S/C29H38N8O11S2/c1-27(2)21(24(40)37(27)48-50(43,44)45)35-23(39)20(17-13-49-26(31)34-17)36-47-28(3,25(41)42)19-7-5-14-10-15(4-6-18(14)46-19)22(30)33-16-11-29(32,12-16)8-9-38/h4,6,10,13,16,19,21,38H,5,7-9,11-12,32H2,1-3H3,(H2,30,33)(H2,31,34)(H,35,39)(H,41,42)(H,43,44,45)/b36-20-/t16-,19-,21-,28+,29+/m1/s1. The number of ether oxygens (including phenoxy) is 1. The van der Waals surface area contributed by atoms with E-state index in [4.69, 9.17) is 31.0 Å². The zero-order valence-electron chi connectivity index (χ0n) is 27.2. The van der Waals surface area contributed by atoms with Crippen molar-refractivity contribution >= 4 is 56.2 Å². The van der Waals surface area contributed by atoms with Crippen LogP contribution in [0.25, 0.3) is 0 Å². The third-order valence-electron chi connectivity index (χ3n) is 9.02. The number of hydroxylamine groups is 2. The molecule has 3 heterocycles. The molecule has 1 saturated heterocycles. The first-order chi connectivity index (χ1) is 23.3. The maximum atomic E-state index is 13.5. The molecular formula is C29H38N8O11S2. The predicted molar refractivity (Wildman–Crippen MR) is 176 cm³/mol. The Labute approximate surface area is 290 Å². The summed E-state index contributed by atoms with van der Waals surface area (Å²) in [5.74, 6) is -2.93. The summed E-state index contributed by atoms with van der Waals surface area (Å²) in [4.78, 5) is 48.3. The average Bonchev–Trinajstić information content (AvgIpc) is 3.46. The number of hydrogen-bond acceptors (Lipinski definition) is 15. The molecule has 1 aromatic heterocycles. The smallest absolute Gasteiger partial charge is 0.418 e. The molecule has 1 aromatic carbocycles. The number of fused-ring (bicyclic) bond motifs is 1. The molecule has 0 spiro atoms. The van der Waals surface area contributed by atoms with Crippen LogP contribution in [0.1, 0.15) is 63.3 Å². The SMILES string of the molecule is CC1(C)[C@H](NC(=O)/C(=N\O[C@](C)(C(=O)O)[C@H]2CCc3cc(C(=N)N[C@H]4C[C@](N)(CCO)C4)ccc3O2)c2csc(N)n2)C(=O)N1OS(=O)(=O)O. The van der Waals surface area contributed by atoms with E-state index in [1.165, 1.54) is 26.2 Å². The van der Waals surface area contributed by atoms with Gasteiger partial charge in [0.25, 0.3) is 17.4 Å². The molecule has 2 fully saturated rings. The summed E-state index contributed by atoms with van der Waals surface area (Å²) in [5, 5.41) is 39.2. The van der Waals surface area contributed by atoms with Crippen LogP contribution < -0.4 is 26.8 Å². The van der Waals surface area contributed by atoms with Gasteiger partial charge < -0.3 is 41.9 Å². The van der Waals surface area contributed by atoms with E-state index in [-0.39, 0.29) is 35.7 Å². The lowest BCUT2D eigenvalue weighted by Gasteiger charge is -2.50. The number of benzene rings is 1. The predicted octanol–water partition coefficient (Wildman–Crippen LogP) is -0.320. The van der Waals surface area contributed by atoms with Crippen LogP contribution >= 0.6 is 11.3 Å². The first kappa shape index (κ1) is 36.9. The first-order valence-electron chi connectivity index (χ1n) is 15.3. The van der Waals surface area contributed by atoms with Gasteiger partial charge in [0.05, 0.1) is 5.54 Å². The number of carboxylic acids is 1. The molecule has 0 unspecified atom stereocenters. The van der Waals surface area contributed by atoms with Crippen LogP contribution in [-0.2, 0) is 40.3 Å². The molecule has 0 radical (unpaired) electrons. The molecule has 3 atom stereocenters. The van der Waals surface area contributed by atoms with Crippen molar-refractivity contribution in [3.63, 3.8) is 0 Å². The molecule has 10 N–H and O–H groups in total. The summed E-state index contributed by atoms with van der Waals surface area (Å²) in [5.41, 5.74) is 8.63. The Morgan fingerprint density at radius 3 is 2.58 bits per heavy atom. The normalized spacial score (nSPS) is 25.6. The average molecular weight is 739 g/mol. The van der Waals surface area contributed by atoms with Crippen molar-refractivity contribution in [3.8, 4) is 5.75 Å². The highest BCUT2D eigenvalue weighted by Crippen LogP contribution is 2.36. The van der Waals surface area contributed by atoms with E-state index in [1.807, 2.05) is 0 Å². The summed E-state index contributed by atoms with van der Waals surface area (Å²) in [7, 11) is -5.04. The lowest BCUT2D eigenvalue weighted by molar-refractivity contribution is -0.218. The van der Waals surface area contributed by atoms with Crippen molar-refractivity contribution in [1.29, 1.82) is 5.41 Å². The van der Waals surface area contributed by atoms with Gasteiger partial charge in [-0.15, -0.1) is 15.6 Å². The number of carboxylic acid groups (broad SMARTS) is 1. The number of nitrogen functional groups attached to an aromatic ring is 1. The molecule has 0 bridgehead atoms. The van der Waals surface area contributed by atoms with Crippen molar-refractivity contribution in [2.75, 3.05) is 12.3 Å². The number of carbonyl (C=O) groups is 3. The summed E-state index contributed by atoms with van der Waals surface area (Å²) in [6, 6.07) is 3.72. The van der Waals surface area contributed by atoms with Crippen LogP contribution in [0, 0.1) is 5.41 Å². The molecule has 19 nitrogen and oxygen atoms in total. The summed E-state index contributed by atoms with van der Waals surface area (Å²) < 4.78 is 41.7. The van der Waals surface area contributed by atoms with Crippen molar-refractivity contribution in [2.24, 2.45) is 10.9 Å². The van der Waals surface area contributed by atoms with Gasteiger partial charge in [0, 0.05) is 29.1 Å². The van der Waals surface area contributed by atoms with Crippen molar-refractivity contribution in [1.82, 2.24) is 20.7 Å². The Bertz CT molecular complexity index is 1840. The number of nitrogens with two attached hydrogens (primary N) is 2. The molecular weight excluding hydrogens is 700 g/mol. The van der Waals surface area contributed by atoms with Gasteiger partial charge in [0.2, 0.25) is 0 Å². The maximum Gasteiger partial charge on any atom is 0.418 e. The molecule has 50 heavy (non-hydrogen) atoms. The van der Waals surface area contributed by atoms with E-state index in [1.54, 1.807) is 18.2 Å². The van der Waals surface area contributed by atoms with Crippen molar-refractivity contribution < 1.29 is 51.4 Å². The number of amides is 2. The Hall–Kier alpha value is -4.41. The number of thiazole rings is 1. The van der Waals surface area contributed by atoms with Gasteiger partial charge in [-0.3, -0.25) is 19.6 Å². The number of oxime groups is 1. The zero-order chi connectivity index (χ0) is 36.8. The van der Waals surface area contributed by atoms with E-state index >= 15 is 0 Å². The summed E-state index contributed by atoms with van der Waals surface area (Å²) >= 11 is 0.954. The fraction of sp³-hybridized carbons (Fsp3) is 0.517. The Morgan fingerprint density at radius 1 is 1.30 bits per heavy atom. The third kappa shape index (κ3) is 7.37. The Morgan fingerprint density at radius 2 is 2.00 bits per heavy atom. The third-order valence-corrected chi connectivity index (χ3v) is 10.0. The van der Waals surface area contributed by atoms with Crippen LogP contribution in [0.2, 0.25) is 0 Å². The quantitative estimate of drug-likeness (QED) is 0.0429. The second-order valence-corrected chi connectivity index (χ2v) is 15.0. The molecule has 2 aliphatic heterocycles. The minimum Gasteiger partial charge on any atom is -0.485 e. The Balaban J connectivity index is 1.30. The number of aromatic nitrogens is 1. The molecule has 272 valence electrons. The van der Waals surface area contributed by atoms with Crippen LogP contribution in [-0.4, -0.2) is 104 Å². The van der Waals surface area contributed by atoms with E-state index < -0.39 is 62.7 Å². The van der Waals surface area contributed by atoms with Crippen molar-refractivity contribution in [2.45, 2.75) is 87.7 Å². The largest absolute Gasteiger partial charge is 0.485 e. The summed E-state index contributed by atoms with van der Waals surface area (Å²) in [6.07, 6.45) is 1.17. The number of aryl methyl sites for hydroxylation is 1. The number of β-lactam (4-membered cyclic amide) rings is 1.